The molecule has 3 rings (SSSR count). The molecule has 7 heteroatoms. The molecule has 1 heterocycles. The Bertz CT molecular complexity index is 767. The summed E-state index contributed by atoms with van der Waals surface area (Å²) in [6.07, 6.45) is 3.44. The minimum Gasteiger partial charge on any atom is -0.772 e. The SMILES string of the molecule is Cc1c(C(=O)c2cnoc2C2CC2)ccc(CS(=O)[O-])c1Cl. The Labute approximate surface area is 134 Å². The van der Waals surface area contributed by atoms with E-state index in [4.69, 9.17) is 16.1 Å². The summed E-state index contributed by atoms with van der Waals surface area (Å²) in [6.45, 7) is 1.71. The molecule has 5 nitrogen and oxygen atoms in total. The number of nitrogens with zero attached hydrogens (tertiary/aromatic N) is 1. The van der Waals surface area contributed by atoms with Gasteiger partial charge >= 0.3 is 0 Å². The number of rotatable bonds is 5. The van der Waals surface area contributed by atoms with Gasteiger partial charge in [0, 0.05) is 22.3 Å². The van der Waals surface area contributed by atoms with Crippen LogP contribution < -0.4 is 0 Å². The predicted molar refractivity (Wildman–Crippen MR) is 80.7 cm³/mol. The van der Waals surface area contributed by atoms with Gasteiger partial charge in [-0.05, 0) is 30.9 Å². The van der Waals surface area contributed by atoms with Gasteiger partial charge in [-0.15, -0.1) is 0 Å². The summed E-state index contributed by atoms with van der Waals surface area (Å²) in [4.78, 5) is 12.7. The number of ketones is 1. The van der Waals surface area contributed by atoms with Gasteiger partial charge in [0.15, 0.2) is 11.5 Å². The summed E-state index contributed by atoms with van der Waals surface area (Å²) in [5, 5.41) is 4.03. The lowest BCUT2D eigenvalue weighted by Crippen LogP contribution is -2.07. The van der Waals surface area contributed by atoms with Crippen LogP contribution in [0.15, 0.2) is 22.9 Å². The quantitative estimate of drug-likeness (QED) is 0.617. The average Bonchev–Trinajstić information content (AvgIpc) is 3.20. The minimum absolute atomic E-state index is 0.172. The summed E-state index contributed by atoms with van der Waals surface area (Å²) in [7, 11) is 0. The van der Waals surface area contributed by atoms with E-state index in [1.807, 2.05) is 0 Å². The van der Waals surface area contributed by atoms with Crippen LogP contribution in [0.25, 0.3) is 0 Å². The first kappa shape index (κ1) is 15.4. The molecule has 1 fully saturated rings. The number of carbonyl (C=O) groups is 1. The van der Waals surface area contributed by atoms with Crippen LogP contribution in [-0.2, 0) is 16.8 Å². The minimum atomic E-state index is -2.23. The zero-order valence-electron chi connectivity index (χ0n) is 11.8. The molecule has 22 heavy (non-hydrogen) atoms. The molecule has 0 radical (unpaired) electrons. The maximum Gasteiger partial charge on any atom is 0.198 e. The molecule has 0 aliphatic heterocycles. The molecule has 2 aromatic rings. The van der Waals surface area contributed by atoms with Gasteiger partial charge < -0.3 is 9.08 Å². The maximum absolute atomic E-state index is 12.7. The number of aromatic nitrogens is 1. The molecule has 1 aromatic heterocycles. The van der Waals surface area contributed by atoms with Gasteiger partial charge in [0.05, 0.1) is 11.8 Å². The second kappa shape index (κ2) is 5.95. The number of hydrogen-bond acceptors (Lipinski definition) is 5. The Morgan fingerprint density at radius 1 is 1.45 bits per heavy atom. The average molecular weight is 339 g/mol. The highest BCUT2D eigenvalue weighted by molar-refractivity contribution is 7.78. The second-order valence-electron chi connectivity index (χ2n) is 5.37. The van der Waals surface area contributed by atoms with E-state index in [-0.39, 0.29) is 17.5 Å². The number of benzene rings is 1. The summed E-state index contributed by atoms with van der Waals surface area (Å²) in [5.74, 6) is 0.538. The van der Waals surface area contributed by atoms with Crippen LogP contribution in [0.2, 0.25) is 5.02 Å². The molecule has 1 aliphatic rings. The Morgan fingerprint density at radius 3 is 2.82 bits per heavy atom. The van der Waals surface area contributed by atoms with E-state index < -0.39 is 11.1 Å². The number of hydrogen-bond donors (Lipinski definition) is 0. The van der Waals surface area contributed by atoms with Crippen molar-refractivity contribution < 1.29 is 18.1 Å². The second-order valence-corrected chi connectivity index (χ2v) is 6.64. The van der Waals surface area contributed by atoms with E-state index in [2.05, 4.69) is 5.16 Å². The monoisotopic (exact) mass is 338 g/mol. The zero-order chi connectivity index (χ0) is 15.9. The fourth-order valence-electron chi connectivity index (χ4n) is 2.43. The van der Waals surface area contributed by atoms with Crippen LogP contribution in [-0.4, -0.2) is 19.7 Å². The Hall–Kier alpha value is -1.50. The molecule has 1 aromatic carbocycles. The topological polar surface area (TPSA) is 83.2 Å². The fraction of sp³-hybridized carbons (Fsp3) is 0.333. The van der Waals surface area contributed by atoms with Crippen molar-refractivity contribution in [2.45, 2.75) is 31.4 Å². The highest BCUT2D eigenvalue weighted by Crippen LogP contribution is 2.42. The van der Waals surface area contributed by atoms with Gasteiger partial charge in [-0.3, -0.25) is 9.00 Å². The van der Waals surface area contributed by atoms with Crippen molar-refractivity contribution in [1.29, 1.82) is 0 Å². The first-order valence-corrected chi connectivity index (χ1v) is 8.44. The highest BCUT2D eigenvalue weighted by atomic mass is 35.5. The first-order valence-electron chi connectivity index (χ1n) is 6.82. The smallest absolute Gasteiger partial charge is 0.198 e. The third-order valence-corrected chi connectivity index (χ3v) is 4.85. The van der Waals surface area contributed by atoms with Gasteiger partial charge in [0.1, 0.15) is 0 Å². The number of halogens is 1. The van der Waals surface area contributed by atoms with Crippen LogP contribution in [0, 0.1) is 6.92 Å². The molecule has 1 aliphatic carbocycles. The molecule has 1 saturated carbocycles. The molecule has 1 unspecified atom stereocenters. The lowest BCUT2D eigenvalue weighted by Gasteiger charge is -2.12. The summed E-state index contributed by atoms with van der Waals surface area (Å²) < 4.78 is 26.8. The van der Waals surface area contributed by atoms with Crippen molar-refractivity contribution in [2.75, 3.05) is 0 Å². The molecular formula is C15H13ClNO4S-. The van der Waals surface area contributed by atoms with E-state index in [0.717, 1.165) is 12.8 Å². The van der Waals surface area contributed by atoms with E-state index in [0.29, 0.717) is 33.0 Å². The van der Waals surface area contributed by atoms with Crippen LogP contribution in [0.3, 0.4) is 0 Å². The Morgan fingerprint density at radius 2 is 2.18 bits per heavy atom. The van der Waals surface area contributed by atoms with Crippen molar-refractivity contribution in [1.82, 2.24) is 5.16 Å². The third-order valence-electron chi connectivity index (χ3n) is 3.78. The van der Waals surface area contributed by atoms with E-state index in [1.165, 1.54) is 6.20 Å². The van der Waals surface area contributed by atoms with Crippen molar-refractivity contribution >= 4 is 28.5 Å². The fourth-order valence-corrected chi connectivity index (χ4v) is 3.24. The van der Waals surface area contributed by atoms with E-state index >= 15 is 0 Å². The number of carbonyl (C=O) groups excluding carboxylic acids is 1. The van der Waals surface area contributed by atoms with Gasteiger partial charge in [0.25, 0.3) is 0 Å². The molecule has 0 amide bonds. The molecule has 0 spiro atoms. The largest absolute Gasteiger partial charge is 0.772 e. The highest BCUT2D eigenvalue weighted by Gasteiger charge is 2.33. The molecule has 0 bridgehead atoms. The molecule has 0 N–H and O–H groups in total. The lowest BCUT2D eigenvalue weighted by atomic mass is 9.97. The van der Waals surface area contributed by atoms with Crippen LogP contribution in [0.1, 0.15) is 51.6 Å². The van der Waals surface area contributed by atoms with Crippen LogP contribution in [0.4, 0.5) is 0 Å². The summed E-state index contributed by atoms with van der Waals surface area (Å²) in [6, 6.07) is 3.18. The Kier molecular flexibility index (Phi) is 4.16. The van der Waals surface area contributed by atoms with Crippen LogP contribution >= 0.6 is 11.6 Å². The van der Waals surface area contributed by atoms with E-state index in [9.17, 15) is 13.6 Å². The Balaban J connectivity index is 1.97. The maximum atomic E-state index is 12.7. The van der Waals surface area contributed by atoms with E-state index in [1.54, 1.807) is 19.1 Å². The third kappa shape index (κ3) is 2.86. The van der Waals surface area contributed by atoms with Gasteiger partial charge in [0.2, 0.25) is 0 Å². The van der Waals surface area contributed by atoms with Crippen LogP contribution in [0.5, 0.6) is 0 Å². The lowest BCUT2D eigenvalue weighted by molar-refractivity contribution is 0.103. The van der Waals surface area contributed by atoms with Gasteiger partial charge in [-0.2, -0.15) is 0 Å². The zero-order valence-corrected chi connectivity index (χ0v) is 13.4. The molecule has 116 valence electrons. The van der Waals surface area contributed by atoms with Crippen molar-refractivity contribution in [3.05, 3.63) is 51.4 Å². The molecule has 0 saturated heterocycles. The summed E-state index contributed by atoms with van der Waals surface area (Å²) in [5.41, 5.74) is 1.95. The molecule has 1 atom stereocenters. The standard InChI is InChI=1S/C15H14ClNO4S/c1-8-11(5-4-10(13(8)16)7-22(19)20)14(18)12-6-17-21-15(12)9-2-3-9/h4-6,9H,2-3,7H2,1H3,(H,19,20)/p-1. The predicted octanol–water partition coefficient (Wildman–Crippen LogP) is 3.12. The van der Waals surface area contributed by atoms with Gasteiger partial charge in [-0.25, -0.2) is 0 Å². The normalized spacial score (nSPS) is 15.8. The first-order chi connectivity index (χ1) is 10.5. The van der Waals surface area contributed by atoms with Crippen molar-refractivity contribution in [3.63, 3.8) is 0 Å². The van der Waals surface area contributed by atoms with Crippen molar-refractivity contribution in [2.24, 2.45) is 0 Å². The molecular weight excluding hydrogens is 326 g/mol. The van der Waals surface area contributed by atoms with Gasteiger partial charge in [-0.1, -0.05) is 40.0 Å². The van der Waals surface area contributed by atoms with Crippen molar-refractivity contribution in [3.8, 4) is 0 Å². The summed E-state index contributed by atoms with van der Waals surface area (Å²) >= 11 is 3.97.